The van der Waals surface area contributed by atoms with E-state index >= 15 is 0 Å². The molecule has 110 valence electrons. The van der Waals surface area contributed by atoms with E-state index in [-0.39, 0.29) is 17.5 Å². The third kappa shape index (κ3) is 4.62. The topological polar surface area (TPSA) is 81.4 Å². The Hall–Kier alpha value is -1.39. The Morgan fingerprint density at radius 2 is 2.15 bits per heavy atom. The average molecular weight is 296 g/mol. The van der Waals surface area contributed by atoms with Crippen LogP contribution in [0.5, 0.6) is 0 Å². The van der Waals surface area contributed by atoms with Gasteiger partial charge in [-0.3, -0.25) is 0 Å². The second-order valence-corrected chi connectivity index (χ2v) is 6.17. The van der Waals surface area contributed by atoms with Gasteiger partial charge in [-0.2, -0.15) is 0 Å². The number of ether oxygens (including phenoxy) is 1. The molecule has 0 saturated heterocycles. The van der Waals surface area contributed by atoms with Crippen LogP contribution in [-0.2, 0) is 14.8 Å². The zero-order valence-electron chi connectivity index (χ0n) is 11.9. The van der Waals surface area contributed by atoms with Crippen LogP contribution in [0.25, 0.3) is 0 Å². The van der Waals surface area contributed by atoms with Crippen LogP contribution < -0.4 is 10.5 Å². The summed E-state index contributed by atoms with van der Waals surface area (Å²) in [5.74, 6) is 5.48. The number of benzene rings is 1. The lowest BCUT2D eigenvalue weighted by atomic mass is 10.1. The molecule has 0 bridgehead atoms. The van der Waals surface area contributed by atoms with Gasteiger partial charge in [0.25, 0.3) is 0 Å². The van der Waals surface area contributed by atoms with Gasteiger partial charge in [-0.05, 0) is 31.5 Å². The Balaban J connectivity index is 3.17. The monoisotopic (exact) mass is 296 g/mol. The van der Waals surface area contributed by atoms with Gasteiger partial charge < -0.3 is 10.5 Å². The fourth-order valence-electron chi connectivity index (χ4n) is 1.73. The molecule has 0 amide bonds. The minimum absolute atomic E-state index is 0.159. The molecule has 0 aliphatic carbocycles. The Morgan fingerprint density at radius 3 is 2.75 bits per heavy atom. The van der Waals surface area contributed by atoms with E-state index in [1.807, 2.05) is 6.92 Å². The van der Waals surface area contributed by atoms with Gasteiger partial charge in [-0.15, -0.1) is 0 Å². The van der Waals surface area contributed by atoms with Crippen LogP contribution in [0.15, 0.2) is 23.1 Å². The maximum absolute atomic E-state index is 12.3. The molecule has 1 aromatic carbocycles. The highest BCUT2D eigenvalue weighted by Crippen LogP contribution is 2.17. The van der Waals surface area contributed by atoms with E-state index in [1.54, 1.807) is 25.1 Å². The van der Waals surface area contributed by atoms with Gasteiger partial charge in [0.15, 0.2) is 0 Å². The van der Waals surface area contributed by atoms with Crippen LogP contribution in [0.1, 0.15) is 18.1 Å². The fourth-order valence-corrected chi connectivity index (χ4v) is 3.11. The molecule has 1 unspecified atom stereocenters. The van der Waals surface area contributed by atoms with Crippen molar-refractivity contribution in [3.05, 3.63) is 29.3 Å². The minimum Gasteiger partial charge on any atom is -0.383 e. The summed E-state index contributed by atoms with van der Waals surface area (Å²) >= 11 is 0. The Bertz CT molecular complexity index is 615. The van der Waals surface area contributed by atoms with E-state index in [9.17, 15) is 8.42 Å². The van der Waals surface area contributed by atoms with E-state index in [4.69, 9.17) is 10.5 Å². The molecule has 0 spiro atoms. The lowest BCUT2D eigenvalue weighted by Gasteiger charge is -2.14. The van der Waals surface area contributed by atoms with Gasteiger partial charge in [-0.1, -0.05) is 17.9 Å². The minimum atomic E-state index is -3.63. The van der Waals surface area contributed by atoms with Crippen LogP contribution >= 0.6 is 0 Å². The van der Waals surface area contributed by atoms with Crippen LogP contribution in [0, 0.1) is 18.8 Å². The molecule has 0 radical (unpaired) electrons. The van der Waals surface area contributed by atoms with Crippen molar-refractivity contribution >= 4 is 10.0 Å². The molecular formula is C14H20N2O3S. The standard InChI is InChI=1S/C14H20N2O3S/c1-11-6-7-14(13(9-11)5-4-8-15)20(17,18)16-12(2)10-19-3/h6-7,9,12,16H,8,10,15H2,1-3H3. The van der Waals surface area contributed by atoms with Gasteiger partial charge in [0.2, 0.25) is 10.0 Å². The van der Waals surface area contributed by atoms with Crippen molar-refractivity contribution in [2.45, 2.75) is 24.8 Å². The molecule has 1 aromatic rings. The van der Waals surface area contributed by atoms with Crippen LogP contribution in [0.4, 0.5) is 0 Å². The molecule has 5 nitrogen and oxygen atoms in total. The predicted molar refractivity (Wildman–Crippen MR) is 78.8 cm³/mol. The van der Waals surface area contributed by atoms with E-state index in [1.165, 1.54) is 7.11 Å². The smallest absolute Gasteiger partial charge is 0.242 e. The first-order valence-electron chi connectivity index (χ1n) is 6.21. The number of methoxy groups -OCH3 is 1. The molecule has 1 atom stereocenters. The number of hydrogen-bond donors (Lipinski definition) is 2. The van der Waals surface area contributed by atoms with Crippen molar-refractivity contribution in [1.29, 1.82) is 0 Å². The number of rotatable bonds is 5. The molecular weight excluding hydrogens is 276 g/mol. The SMILES string of the molecule is COCC(C)NS(=O)(=O)c1ccc(C)cc1C#CCN. The third-order valence-electron chi connectivity index (χ3n) is 2.52. The summed E-state index contributed by atoms with van der Waals surface area (Å²) in [6.07, 6.45) is 0. The Kier molecular flexibility index (Phi) is 6.17. The molecule has 20 heavy (non-hydrogen) atoms. The van der Waals surface area contributed by atoms with Crippen molar-refractivity contribution < 1.29 is 13.2 Å². The molecule has 0 saturated carbocycles. The van der Waals surface area contributed by atoms with Crippen molar-refractivity contribution in [3.8, 4) is 11.8 Å². The Labute approximate surface area is 120 Å². The predicted octanol–water partition coefficient (Wildman–Crippen LogP) is 0.618. The third-order valence-corrected chi connectivity index (χ3v) is 4.17. The van der Waals surface area contributed by atoms with E-state index in [0.717, 1.165) is 5.56 Å². The molecule has 6 heteroatoms. The largest absolute Gasteiger partial charge is 0.383 e. The summed E-state index contributed by atoms with van der Waals surface area (Å²) in [7, 11) is -2.11. The van der Waals surface area contributed by atoms with Crippen LogP contribution in [0.2, 0.25) is 0 Å². The fraction of sp³-hybridized carbons (Fsp3) is 0.429. The molecule has 0 aliphatic heterocycles. The maximum Gasteiger partial charge on any atom is 0.242 e. The highest BCUT2D eigenvalue weighted by atomic mass is 32.2. The molecule has 1 rings (SSSR count). The first-order chi connectivity index (χ1) is 9.40. The summed E-state index contributed by atoms with van der Waals surface area (Å²) in [6.45, 7) is 4.10. The summed E-state index contributed by atoms with van der Waals surface area (Å²) in [4.78, 5) is 0.159. The number of aryl methyl sites for hydroxylation is 1. The average Bonchev–Trinajstić information content (AvgIpc) is 2.35. The van der Waals surface area contributed by atoms with Gasteiger partial charge in [-0.25, -0.2) is 13.1 Å². The second-order valence-electron chi connectivity index (χ2n) is 4.48. The number of hydrogen-bond acceptors (Lipinski definition) is 4. The Morgan fingerprint density at radius 1 is 1.45 bits per heavy atom. The lowest BCUT2D eigenvalue weighted by Crippen LogP contribution is -2.35. The second kappa shape index (κ2) is 7.41. The quantitative estimate of drug-likeness (QED) is 0.780. The zero-order chi connectivity index (χ0) is 15.2. The highest BCUT2D eigenvalue weighted by Gasteiger charge is 2.20. The summed E-state index contributed by atoms with van der Waals surface area (Å²) in [5.41, 5.74) is 6.73. The van der Waals surface area contributed by atoms with Crippen molar-refractivity contribution in [2.24, 2.45) is 5.73 Å². The van der Waals surface area contributed by atoms with E-state index in [0.29, 0.717) is 12.2 Å². The van der Waals surface area contributed by atoms with Crippen molar-refractivity contribution in [1.82, 2.24) is 4.72 Å². The van der Waals surface area contributed by atoms with Crippen molar-refractivity contribution in [2.75, 3.05) is 20.3 Å². The van der Waals surface area contributed by atoms with Gasteiger partial charge in [0.05, 0.1) is 18.0 Å². The number of nitrogens with two attached hydrogens (primary N) is 1. The number of nitrogens with one attached hydrogen (secondary N) is 1. The van der Waals surface area contributed by atoms with Gasteiger partial charge >= 0.3 is 0 Å². The van der Waals surface area contributed by atoms with Crippen LogP contribution in [-0.4, -0.2) is 34.7 Å². The lowest BCUT2D eigenvalue weighted by molar-refractivity contribution is 0.180. The van der Waals surface area contributed by atoms with Gasteiger partial charge in [0.1, 0.15) is 0 Å². The maximum atomic E-state index is 12.3. The van der Waals surface area contributed by atoms with E-state index in [2.05, 4.69) is 16.6 Å². The summed E-state index contributed by atoms with van der Waals surface area (Å²) < 4.78 is 32.2. The molecule has 3 N–H and O–H groups in total. The number of sulfonamides is 1. The molecule has 0 fully saturated rings. The summed E-state index contributed by atoms with van der Waals surface area (Å²) in [6, 6.07) is 4.71. The summed E-state index contributed by atoms with van der Waals surface area (Å²) in [5, 5.41) is 0. The first-order valence-corrected chi connectivity index (χ1v) is 7.70. The first kappa shape index (κ1) is 16.7. The molecule has 0 aliphatic rings. The van der Waals surface area contributed by atoms with Crippen LogP contribution in [0.3, 0.4) is 0 Å². The molecule has 0 heterocycles. The van der Waals surface area contributed by atoms with Crippen molar-refractivity contribution in [3.63, 3.8) is 0 Å². The molecule has 0 aromatic heterocycles. The van der Waals surface area contributed by atoms with E-state index < -0.39 is 10.0 Å². The van der Waals surface area contributed by atoms with Gasteiger partial charge in [0, 0.05) is 18.7 Å². The normalized spacial score (nSPS) is 12.6. The zero-order valence-corrected chi connectivity index (χ0v) is 12.8. The highest BCUT2D eigenvalue weighted by molar-refractivity contribution is 7.89.